The Kier molecular flexibility index (Phi) is 9.11. The zero-order valence-electron chi connectivity index (χ0n) is 20.2. The number of aliphatic hydroxyl groups is 1. The molecule has 4 aromatic rings. The molecule has 0 spiro atoms. The molecule has 7 heteroatoms. The average molecular weight is 548 g/mol. The summed E-state index contributed by atoms with van der Waals surface area (Å²) in [6.07, 6.45) is 2.97. The second-order valence-electron chi connectivity index (χ2n) is 8.02. The Balaban J connectivity index is 0.000000220. The van der Waals surface area contributed by atoms with Gasteiger partial charge in [0.1, 0.15) is 17.8 Å². The molecule has 0 fully saturated rings. The first-order valence-corrected chi connectivity index (χ1v) is 11.9. The van der Waals surface area contributed by atoms with E-state index in [1.807, 2.05) is 67.5 Å². The summed E-state index contributed by atoms with van der Waals surface area (Å²) in [6.45, 7) is 0. The van der Waals surface area contributed by atoms with Crippen molar-refractivity contribution in [1.29, 1.82) is 0 Å². The molecule has 0 bridgehead atoms. The van der Waals surface area contributed by atoms with Crippen LogP contribution in [0.5, 0.6) is 11.5 Å². The summed E-state index contributed by atoms with van der Waals surface area (Å²) in [5, 5.41) is 8.45. The lowest BCUT2D eigenvalue weighted by Crippen LogP contribution is -2.08. The van der Waals surface area contributed by atoms with Crippen LogP contribution in [0.15, 0.2) is 71.2 Å². The number of halogens is 1. The molecule has 0 radical (unpaired) electrons. The molecule has 0 saturated carbocycles. The smallest absolute Gasteiger partial charge is 0.150 e. The minimum Gasteiger partial charge on any atom is -0.456 e. The molecule has 0 saturated heterocycles. The van der Waals surface area contributed by atoms with Crippen LogP contribution in [0.2, 0.25) is 0 Å². The van der Waals surface area contributed by atoms with Crippen molar-refractivity contribution in [2.45, 2.75) is 6.42 Å². The van der Waals surface area contributed by atoms with E-state index in [0.29, 0.717) is 28.7 Å². The van der Waals surface area contributed by atoms with Crippen molar-refractivity contribution in [3.8, 4) is 22.6 Å². The van der Waals surface area contributed by atoms with E-state index in [0.717, 1.165) is 64.0 Å². The standard InChI is InChI=1S/C18H9BrO3.C10H13NO.CH4O/c19-12-3-6-15-14(7-12)13-4-1-10(8-20)17-11(9-21)2-5-16(22-15)18(13)17;1-11(2)10-5-3-9(4-6-10)7-8-12;1-2/h1-9H;3-6,8H,7H2,1-2H3;2H,1H3. The summed E-state index contributed by atoms with van der Waals surface area (Å²) in [7, 11) is 4.99. The van der Waals surface area contributed by atoms with Gasteiger partial charge in [-0.15, -0.1) is 0 Å². The number of aliphatic hydroxyl groups excluding tert-OH is 1. The van der Waals surface area contributed by atoms with Crippen molar-refractivity contribution in [3.63, 3.8) is 0 Å². The van der Waals surface area contributed by atoms with Gasteiger partial charge in [-0.2, -0.15) is 0 Å². The van der Waals surface area contributed by atoms with E-state index in [4.69, 9.17) is 9.84 Å². The van der Waals surface area contributed by atoms with E-state index in [9.17, 15) is 14.4 Å². The number of aldehydes is 3. The highest BCUT2D eigenvalue weighted by Gasteiger charge is 2.23. The van der Waals surface area contributed by atoms with Crippen LogP contribution in [0, 0.1) is 0 Å². The normalized spacial score (nSPS) is 10.5. The zero-order chi connectivity index (χ0) is 26.2. The summed E-state index contributed by atoms with van der Waals surface area (Å²) in [5.74, 6) is 1.42. The number of ether oxygens (including phenoxy) is 1. The quantitative estimate of drug-likeness (QED) is 0.267. The second-order valence-corrected chi connectivity index (χ2v) is 8.93. The number of hydrogen-bond acceptors (Lipinski definition) is 6. The van der Waals surface area contributed by atoms with Crippen LogP contribution in [0.3, 0.4) is 0 Å². The van der Waals surface area contributed by atoms with Crippen molar-refractivity contribution < 1.29 is 24.2 Å². The van der Waals surface area contributed by atoms with Gasteiger partial charge in [-0.1, -0.05) is 40.2 Å². The van der Waals surface area contributed by atoms with Gasteiger partial charge in [-0.05, 0) is 53.6 Å². The molecule has 5 rings (SSSR count). The molecule has 0 amide bonds. The van der Waals surface area contributed by atoms with Crippen LogP contribution in [-0.2, 0) is 11.2 Å². The van der Waals surface area contributed by atoms with E-state index in [-0.39, 0.29) is 0 Å². The van der Waals surface area contributed by atoms with Gasteiger partial charge in [0.05, 0.1) is 0 Å². The number of carbonyl (C=O) groups excluding carboxylic acids is 3. The Morgan fingerprint density at radius 1 is 0.778 bits per heavy atom. The number of nitrogens with zero attached hydrogens (tertiary/aromatic N) is 1. The molecule has 6 nitrogen and oxygen atoms in total. The number of anilines is 1. The molecule has 1 aliphatic rings. The lowest BCUT2D eigenvalue weighted by Gasteiger charge is -2.22. The molecular weight excluding hydrogens is 522 g/mol. The van der Waals surface area contributed by atoms with Crippen molar-refractivity contribution in [3.05, 3.63) is 87.9 Å². The van der Waals surface area contributed by atoms with Gasteiger partial charge in [0, 0.05) is 65.2 Å². The fourth-order valence-electron chi connectivity index (χ4n) is 3.97. The summed E-state index contributed by atoms with van der Waals surface area (Å²) in [6, 6.07) is 20.9. The topological polar surface area (TPSA) is 83.9 Å². The van der Waals surface area contributed by atoms with Crippen LogP contribution < -0.4 is 9.64 Å². The first-order valence-electron chi connectivity index (χ1n) is 11.1. The van der Waals surface area contributed by atoms with E-state index in [1.54, 1.807) is 18.2 Å². The lowest BCUT2D eigenvalue weighted by molar-refractivity contribution is -0.107. The number of benzene rings is 4. The van der Waals surface area contributed by atoms with Crippen molar-refractivity contribution in [2.24, 2.45) is 0 Å². The number of carbonyl (C=O) groups is 3. The summed E-state index contributed by atoms with van der Waals surface area (Å²) in [5.41, 5.74) is 5.10. The van der Waals surface area contributed by atoms with Crippen LogP contribution in [0.25, 0.3) is 21.9 Å². The van der Waals surface area contributed by atoms with Gasteiger partial charge in [0.2, 0.25) is 0 Å². The summed E-state index contributed by atoms with van der Waals surface area (Å²) >= 11 is 3.47. The van der Waals surface area contributed by atoms with Gasteiger partial charge < -0.3 is 19.5 Å². The molecule has 4 aromatic carbocycles. The van der Waals surface area contributed by atoms with E-state index >= 15 is 0 Å². The van der Waals surface area contributed by atoms with Crippen LogP contribution in [0.4, 0.5) is 5.69 Å². The maximum absolute atomic E-state index is 11.4. The summed E-state index contributed by atoms with van der Waals surface area (Å²) in [4.78, 5) is 34.9. The number of fused-ring (bicyclic) bond motifs is 2. The molecule has 36 heavy (non-hydrogen) atoms. The highest BCUT2D eigenvalue weighted by Crippen LogP contribution is 2.48. The molecule has 0 atom stereocenters. The Bertz CT molecular complexity index is 1380. The third-order valence-electron chi connectivity index (χ3n) is 5.66. The van der Waals surface area contributed by atoms with E-state index in [2.05, 4.69) is 15.9 Å². The minimum absolute atomic E-state index is 0.491. The molecule has 1 heterocycles. The highest BCUT2D eigenvalue weighted by molar-refractivity contribution is 9.10. The van der Waals surface area contributed by atoms with Gasteiger partial charge in [-0.3, -0.25) is 9.59 Å². The fraction of sp³-hybridized carbons (Fsp3) is 0.138. The predicted molar refractivity (Wildman–Crippen MR) is 147 cm³/mol. The van der Waals surface area contributed by atoms with Crippen LogP contribution >= 0.6 is 15.9 Å². The van der Waals surface area contributed by atoms with Crippen molar-refractivity contribution in [2.75, 3.05) is 26.1 Å². The third-order valence-corrected chi connectivity index (χ3v) is 6.16. The van der Waals surface area contributed by atoms with Crippen molar-refractivity contribution in [1.82, 2.24) is 0 Å². The average Bonchev–Trinajstić information content (AvgIpc) is 2.91. The first kappa shape index (κ1) is 26.8. The fourth-order valence-corrected chi connectivity index (χ4v) is 4.33. The van der Waals surface area contributed by atoms with Crippen molar-refractivity contribution >= 4 is 51.2 Å². The highest BCUT2D eigenvalue weighted by atomic mass is 79.9. The van der Waals surface area contributed by atoms with Crippen LogP contribution in [0.1, 0.15) is 26.3 Å². The lowest BCUT2D eigenvalue weighted by atomic mass is 9.90. The molecular formula is C29H26BrNO5. The molecule has 0 aliphatic carbocycles. The van der Waals surface area contributed by atoms with E-state index in [1.165, 1.54) is 0 Å². The largest absolute Gasteiger partial charge is 0.456 e. The van der Waals surface area contributed by atoms with Gasteiger partial charge in [-0.25, -0.2) is 0 Å². The summed E-state index contributed by atoms with van der Waals surface area (Å²) < 4.78 is 6.89. The SMILES string of the molecule is CN(C)c1ccc(CC=O)cc1.CO.O=Cc1ccc2c3c(ccc(C=O)c13)-c1cc(Br)ccc1O2. The Morgan fingerprint density at radius 3 is 1.97 bits per heavy atom. The third kappa shape index (κ3) is 5.53. The van der Waals surface area contributed by atoms with Gasteiger partial charge in [0.15, 0.2) is 12.6 Å². The first-order chi connectivity index (χ1) is 17.5. The number of hydrogen-bond donors (Lipinski definition) is 1. The molecule has 1 N–H and O–H groups in total. The molecule has 184 valence electrons. The van der Waals surface area contributed by atoms with Crippen LogP contribution in [-0.4, -0.2) is 45.2 Å². The predicted octanol–water partition coefficient (Wildman–Crippen LogP) is 6.10. The Morgan fingerprint density at radius 2 is 1.39 bits per heavy atom. The molecule has 0 unspecified atom stereocenters. The van der Waals surface area contributed by atoms with Gasteiger partial charge >= 0.3 is 0 Å². The second kappa shape index (κ2) is 12.2. The Hall–Kier alpha value is -3.81. The zero-order valence-corrected chi connectivity index (χ0v) is 21.8. The van der Waals surface area contributed by atoms with Gasteiger partial charge in [0.25, 0.3) is 0 Å². The number of rotatable bonds is 5. The maximum atomic E-state index is 11.4. The monoisotopic (exact) mass is 547 g/mol. The molecule has 0 aromatic heterocycles. The Labute approximate surface area is 218 Å². The minimum atomic E-state index is 0.491. The molecule has 1 aliphatic heterocycles. The van der Waals surface area contributed by atoms with E-state index < -0.39 is 0 Å². The maximum Gasteiger partial charge on any atom is 0.150 e.